The maximum atomic E-state index is 12.1. The predicted molar refractivity (Wildman–Crippen MR) is 97.7 cm³/mol. The highest BCUT2D eigenvalue weighted by Gasteiger charge is 2.11. The molecule has 7 heteroatoms. The molecule has 2 aromatic heterocycles. The van der Waals surface area contributed by atoms with Gasteiger partial charge in [-0.05, 0) is 35.2 Å². The first-order valence-corrected chi connectivity index (χ1v) is 8.21. The van der Waals surface area contributed by atoms with Gasteiger partial charge in [-0.15, -0.1) is 11.3 Å². The van der Waals surface area contributed by atoms with Crippen molar-refractivity contribution in [1.82, 2.24) is 15.6 Å². The van der Waals surface area contributed by atoms with E-state index in [1.54, 1.807) is 23.6 Å². The predicted octanol–water partition coefficient (Wildman–Crippen LogP) is 2.97. The molecule has 0 aliphatic carbocycles. The highest BCUT2D eigenvalue weighted by atomic mass is 32.1. The summed E-state index contributed by atoms with van der Waals surface area (Å²) in [5.74, 6) is -0.352. The minimum absolute atomic E-state index is 0.304. The average molecular weight is 339 g/mol. The molecule has 0 saturated heterocycles. The van der Waals surface area contributed by atoms with Crippen molar-refractivity contribution in [1.29, 1.82) is 0 Å². The van der Waals surface area contributed by atoms with Gasteiger partial charge in [0, 0.05) is 19.8 Å². The second-order valence-corrected chi connectivity index (χ2v) is 6.28. The van der Waals surface area contributed by atoms with Crippen LogP contribution in [0.15, 0.2) is 52.9 Å². The number of hydrazone groups is 1. The van der Waals surface area contributed by atoms with Crippen LogP contribution in [0.1, 0.15) is 16.1 Å². The Bertz CT molecular complexity index is 834. The maximum absolute atomic E-state index is 12.1. The number of rotatable bonds is 5. The molecule has 0 bridgehead atoms. The first-order valence-electron chi connectivity index (χ1n) is 7.33. The van der Waals surface area contributed by atoms with Crippen molar-refractivity contribution in [3.8, 4) is 10.6 Å². The van der Waals surface area contributed by atoms with Crippen molar-refractivity contribution in [2.75, 3.05) is 19.0 Å². The van der Waals surface area contributed by atoms with Crippen LogP contribution in [0.4, 0.5) is 5.69 Å². The number of carbonyl (C=O) groups excluding carboxylic acids is 1. The number of aromatic amines is 1. The lowest BCUT2D eigenvalue weighted by atomic mass is 10.2. The van der Waals surface area contributed by atoms with Gasteiger partial charge >= 0.3 is 0 Å². The highest BCUT2D eigenvalue weighted by Crippen LogP contribution is 2.22. The summed E-state index contributed by atoms with van der Waals surface area (Å²) < 4.78 is 0. The fourth-order valence-corrected chi connectivity index (χ4v) is 2.77. The highest BCUT2D eigenvalue weighted by molar-refractivity contribution is 7.13. The van der Waals surface area contributed by atoms with Crippen molar-refractivity contribution in [3.63, 3.8) is 0 Å². The fraction of sp³-hybridized carbons (Fsp3) is 0.118. The number of nitrogens with one attached hydrogen (secondary N) is 2. The third kappa shape index (κ3) is 3.69. The van der Waals surface area contributed by atoms with Crippen molar-refractivity contribution >= 4 is 29.1 Å². The summed E-state index contributed by atoms with van der Waals surface area (Å²) in [4.78, 5) is 15.1. The maximum Gasteiger partial charge on any atom is 0.291 e. The van der Waals surface area contributed by atoms with E-state index in [-0.39, 0.29) is 5.91 Å². The van der Waals surface area contributed by atoms with Crippen molar-refractivity contribution in [3.05, 3.63) is 59.1 Å². The van der Waals surface area contributed by atoms with E-state index in [0.717, 1.165) is 21.8 Å². The molecule has 0 saturated carbocycles. The van der Waals surface area contributed by atoms with E-state index in [9.17, 15) is 4.79 Å². The third-order valence-electron chi connectivity index (χ3n) is 3.39. The van der Waals surface area contributed by atoms with Gasteiger partial charge in [0.1, 0.15) is 0 Å². The monoisotopic (exact) mass is 339 g/mol. The van der Waals surface area contributed by atoms with Crippen molar-refractivity contribution < 1.29 is 4.79 Å². The molecule has 3 aromatic rings. The second-order valence-electron chi connectivity index (χ2n) is 5.33. The van der Waals surface area contributed by atoms with Crippen LogP contribution < -0.4 is 10.3 Å². The molecule has 2 heterocycles. The molecular weight excluding hydrogens is 322 g/mol. The molecule has 1 amide bonds. The van der Waals surface area contributed by atoms with E-state index in [1.807, 2.05) is 60.8 Å². The SMILES string of the molecule is CN(C)c1ccc(C=NNC(=O)c2cc(-c3cccs3)[nH]n2)cc1. The average Bonchev–Trinajstić information content (AvgIpc) is 3.26. The summed E-state index contributed by atoms with van der Waals surface area (Å²) in [6.07, 6.45) is 1.60. The van der Waals surface area contributed by atoms with Crippen LogP contribution in [-0.2, 0) is 0 Å². The van der Waals surface area contributed by atoms with E-state index in [2.05, 4.69) is 20.7 Å². The second kappa shape index (κ2) is 7.10. The molecule has 0 spiro atoms. The van der Waals surface area contributed by atoms with Gasteiger partial charge in [0.25, 0.3) is 5.91 Å². The van der Waals surface area contributed by atoms with Crippen molar-refractivity contribution in [2.24, 2.45) is 5.10 Å². The van der Waals surface area contributed by atoms with E-state index in [0.29, 0.717) is 5.69 Å². The van der Waals surface area contributed by atoms with Gasteiger partial charge in [-0.3, -0.25) is 9.89 Å². The molecule has 1 aromatic carbocycles. The summed E-state index contributed by atoms with van der Waals surface area (Å²) in [5, 5.41) is 12.8. The molecular formula is C17H17N5OS. The summed E-state index contributed by atoms with van der Waals surface area (Å²) >= 11 is 1.58. The minimum Gasteiger partial charge on any atom is -0.378 e. The number of nitrogens with zero attached hydrogens (tertiary/aromatic N) is 3. The number of H-pyrrole nitrogens is 1. The zero-order valence-electron chi connectivity index (χ0n) is 13.4. The molecule has 24 heavy (non-hydrogen) atoms. The molecule has 0 radical (unpaired) electrons. The summed E-state index contributed by atoms with van der Waals surface area (Å²) in [6.45, 7) is 0. The first-order chi connectivity index (χ1) is 11.6. The number of hydrogen-bond donors (Lipinski definition) is 2. The Morgan fingerprint density at radius 1 is 1.29 bits per heavy atom. The summed E-state index contributed by atoms with van der Waals surface area (Å²) in [7, 11) is 3.97. The quantitative estimate of drug-likeness (QED) is 0.554. The van der Waals surface area contributed by atoms with Crippen LogP contribution in [0.5, 0.6) is 0 Å². The lowest BCUT2D eigenvalue weighted by molar-refractivity contribution is 0.0950. The van der Waals surface area contributed by atoms with Gasteiger partial charge in [0.05, 0.1) is 16.8 Å². The Kier molecular flexibility index (Phi) is 4.72. The smallest absolute Gasteiger partial charge is 0.291 e. The standard InChI is InChI=1S/C17H17N5OS/c1-22(2)13-7-5-12(6-8-13)11-18-21-17(23)15-10-14(19-20-15)16-4-3-9-24-16/h3-11H,1-2H3,(H,19,20)(H,21,23). The van der Waals surface area contributed by atoms with Crippen LogP contribution in [-0.4, -0.2) is 36.4 Å². The largest absolute Gasteiger partial charge is 0.378 e. The van der Waals surface area contributed by atoms with E-state index >= 15 is 0 Å². The number of carbonyl (C=O) groups is 1. The van der Waals surface area contributed by atoms with Gasteiger partial charge in [0.15, 0.2) is 5.69 Å². The summed E-state index contributed by atoms with van der Waals surface area (Å²) in [5.41, 5.74) is 5.62. The molecule has 122 valence electrons. The lowest BCUT2D eigenvalue weighted by Gasteiger charge is -2.11. The number of benzene rings is 1. The third-order valence-corrected chi connectivity index (χ3v) is 4.29. The molecule has 0 aliphatic heterocycles. The molecule has 0 aliphatic rings. The molecule has 3 rings (SSSR count). The number of amides is 1. The first kappa shape index (κ1) is 15.9. The number of hydrogen-bond acceptors (Lipinski definition) is 5. The fourth-order valence-electron chi connectivity index (χ4n) is 2.08. The van der Waals surface area contributed by atoms with Gasteiger partial charge in [-0.2, -0.15) is 10.2 Å². The number of thiophene rings is 1. The van der Waals surface area contributed by atoms with Crippen LogP contribution in [0.3, 0.4) is 0 Å². The molecule has 6 nitrogen and oxygen atoms in total. The van der Waals surface area contributed by atoms with Crippen molar-refractivity contribution in [2.45, 2.75) is 0 Å². The Morgan fingerprint density at radius 2 is 2.08 bits per heavy atom. The van der Waals surface area contributed by atoms with Gasteiger partial charge in [0.2, 0.25) is 0 Å². The zero-order chi connectivity index (χ0) is 16.9. The van der Waals surface area contributed by atoms with Gasteiger partial charge < -0.3 is 4.90 Å². The molecule has 0 atom stereocenters. The molecule has 2 N–H and O–H groups in total. The van der Waals surface area contributed by atoms with Crippen LogP contribution in [0.2, 0.25) is 0 Å². The molecule has 0 fully saturated rings. The van der Waals surface area contributed by atoms with Gasteiger partial charge in [-0.25, -0.2) is 5.43 Å². The number of anilines is 1. The zero-order valence-corrected chi connectivity index (χ0v) is 14.2. The normalized spacial score (nSPS) is 10.9. The van der Waals surface area contributed by atoms with Crippen LogP contribution in [0.25, 0.3) is 10.6 Å². The van der Waals surface area contributed by atoms with E-state index < -0.39 is 0 Å². The topological polar surface area (TPSA) is 73.4 Å². The van der Waals surface area contributed by atoms with Gasteiger partial charge in [-0.1, -0.05) is 18.2 Å². The summed E-state index contributed by atoms with van der Waals surface area (Å²) in [6, 6.07) is 13.5. The number of aromatic nitrogens is 2. The van der Waals surface area contributed by atoms with E-state index in [1.165, 1.54) is 0 Å². The van der Waals surface area contributed by atoms with Crippen LogP contribution in [0, 0.1) is 0 Å². The molecule has 0 unspecified atom stereocenters. The van der Waals surface area contributed by atoms with E-state index in [4.69, 9.17) is 0 Å². The van der Waals surface area contributed by atoms with Crippen LogP contribution >= 0.6 is 11.3 Å². The Hall–Kier alpha value is -2.93. The lowest BCUT2D eigenvalue weighted by Crippen LogP contribution is -2.18. The Balaban J connectivity index is 1.61. The minimum atomic E-state index is -0.352. The Morgan fingerprint density at radius 3 is 2.75 bits per heavy atom. The Labute approximate surface area is 143 Å².